The quantitative estimate of drug-likeness (QED) is 0.495. The second-order valence-corrected chi connectivity index (χ2v) is 8.68. The molecule has 0 spiro atoms. The van der Waals surface area contributed by atoms with E-state index in [1.807, 2.05) is 32.0 Å². The maximum atomic E-state index is 12.4. The molecule has 1 N–H and O–H groups in total. The van der Waals surface area contributed by atoms with Gasteiger partial charge in [0, 0.05) is 33.9 Å². The first kappa shape index (κ1) is 21.9. The molecule has 0 aliphatic rings. The van der Waals surface area contributed by atoms with E-state index in [1.165, 1.54) is 11.8 Å². The van der Waals surface area contributed by atoms with Crippen molar-refractivity contribution in [2.45, 2.75) is 44.7 Å². The lowest BCUT2D eigenvalue weighted by atomic mass is 9.94. The zero-order chi connectivity index (χ0) is 21.0. The van der Waals surface area contributed by atoms with E-state index in [-0.39, 0.29) is 17.6 Å². The van der Waals surface area contributed by atoms with E-state index < -0.39 is 0 Å². The number of rotatable bonds is 8. The molecule has 154 valence electrons. The molecule has 3 rings (SSSR count). The maximum absolute atomic E-state index is 12.4. The van der Waals surface area contributed by atoms with E-state index in [2.05, 4.69) is 27.3 Å². The van der Waals surface area contributed by atoms with Gasteiger partial charge in [-0.3, -0.25) is 4.79 Å². The van der Waals surface area contributed by atoms with Crippen LogP contribution in [0.1, 0.15) is 42.6 Å². The first-order valence-corrected chi connectivity index (χ1v) is 11.2. The predicted octanol–water partition coefficient (Wildman–Crippen LogP) is 4.84. The Bertz CT molecular complexity index is 1020. The molecule has 2 aromatic heterocycles. The molecule has 1 atom stereocenters. The average Bonchev–Trinajstić information content (AvgIpc) is 3.07. The van der Waals surface area contributed by atoms with Gasteiger partial charge in [0.25, 0.3) is 5.78 Å². The first-order valence-electron chi connectivity index (χ1n) is 9.42. The number of carbonyl (C=O) groups excluding carboxylic acids is 1. The van der Waals surface area contributed by atoms with Crippen LogP contribution in [0, 0.1) is 13.8 Å². The lowest BCUT2D eigenvalue weighted by Crippen LogP contribution is -2.30. The third-order valence-corrected chi connectivity index (χ3v) is 5.92. The van der Waals surface area contributed by atoms with Gasteiger partial charge in [0.2, 0.25) is 11.1 Å². The Morgan fingerprint density at radius 2 is 2.03 bits per heavy atom. The van der Waals surface area contributed by atoms with Crippen LogP contribution in [0.2, 0.25) is 10.0 Å². The maximum Gasteiger partial charge on any atom is 0.253 e. The lowest BCUT2D eigenvalue weighted by Gasteiger charge is -2.19. The highest BCUT2D eigenvalue weighted by atomic mass is 35.5. The van der Waals surface area contributed by atoms with Gasteiger partial charge in [0.05, 0.1) is 5.75 Å². The summed E-state index contributed by atoms with van der Waals surface area (Å²) in [5.74, 6) is 0.857. The molecular formula is C20H23Cl2N5OS. The molecule has 1 amide bonds. The summed E-state index contributed by atoms with van der Waals surface area (Å²) in [7, 11) is 0. The molecule has 6 nitrogen and oxygen atoms in total. The first-order chi connectivity index (χ1) is 13.9. The van der Waals surface area contributed by atoms with Crippen molar-refractivity contribution in [3.63, 3.8) is 0 Å². The number of fused-ring (bicyclic) bond motifs is 1. The minimum Gasteiger partial charge on any atom is -0.355 e. The van der Waals surface area contributed by atoms with Gasteiger partial charge in [0.1, 0.15) is 0 Å². The van der Waals surface area contributed by atoms with Crippen LogP contribution in [0.5, 0.6) is 0 Å². The highest BCUT2D eigenvalue weighted by Gasteiger charge is 2.16. The fourth-order valence-electron chi connectivity index (χ4n) is 3.18. The van der Waals surface area contributed by atoms with Crippen LogP contribution in [0.15, 0.2) is 29.4 Å². The Balaban J connectivity index is 1.59. The predicted molar refractivity (Wildman–Crippen MR) is 118 cm³/mol. The zero-order valence-corrected chi connectivity index (χ0v) is 18.9. The van der Waals surface area contributed by atoms with E-state index in [4.69, 9.17) is 23.2 Å². The summed E-state index contributed by atoms with van der Waals surface area (Å²) in [5, 5.41) is 9.19. The van der Waals surface area contributed by atoms with E-state index in [9.17, 15) is 4.79 Å². The fraction of sp³-hybridized carbons (Fsp3) is 0.400. The van der Waals surface area contributed by atoms with E-state index in [0.29, 0.717) is 27.5 Å². The molecule has 0 radical (unpaired) electrons. The summed E-state index contributed by atoms with van der Waals surface area (Å²) in [6.07, 6.45) is 1.91. The Morgan fingerprint density at radius 1 is 1.24 bits per heavy atom. The van der Waals surface area contributed by atoms with Crippen LogP contribution < -0.4 is 5.32 Å². The zero-order valence-electron chi connectivity index (χ0n) is 16.6. The smallest absolute Gasteiger partial charge is 0.253 e. The van der Waals surface area contributed by atoms with Crippen LogP contribution in [-0.4, -0.2) is 37.8 Å². The number of amides is 1. The molecule has 0 aliphatic heterocycles. The number of nitrogens with one attached hydrogen (secondary N) is 1. The van der Waals surface area contributed by atoms with Crippen molar-refractivity contribution < 1.29 is 4.79 Å². The average molecular weight is 452 g/mol. The number of carbonyl (C=O) groups is 1. The molecular weight excluding hydrogens is 429 g/mol. The third kappa shape index (κ3) is 5.62. The monoisotopic (exact) mass is 451 g/mol. The largest absolute Gasteiger partial charge is 0.355 e. The minimum absolute atomic E-state index is 0.0686. The van der Waals surface area contributed by atoms with E-state index >= 15 is 0 Å². The molecule has 0 fully saturated rings. The topological polar surface area (TPSA) is 72.2 Å². The second kappa shape index (κ2) is 9.78. The summed E-state index contributed by atoms with van der Waals surface area (Å²) in [6.45, 7) is 6.50. The SMILES string of the molecule is CCC[C@H](CNC(=O)CSc1nc2nc(C)cc(C)n2n1)c1ccc(Cl)cc1Cl. The molecule has 1 aromatic carbocycles. The van der Waals surface area contributed by atoms with Crippen molar-refractivity contribution in [3.05, 3.63) is 51.3 Å². The van der Waals surface area contributed by atoms with Crippen LogP contribution in [0.4, 0.5) is 0 Å². The highest BCUT2D eigenvalue weighted by molar-refractivity contribution is 7.99. The molecule has 0 saturated heterocycles. The van der Waals surface area contributed by atoms with Crippen LogP contribution in [-0.2, 0) is 4.79 Å². The van der Waals surface area contributed by atoms with Gasteiger partial charge in [-0.15, -0.1) is 5.10 Å². The summed E-state index contributed by atoms with van der Waals surface area (Å²) in [6, 6.07) is 7.45. The Morgan fingerprint density at radius 3 is 2.76 bits per heavy atom. The van der Waals surface area contributed by atoms with Crippen molar-refractivity contribution in [1.29, 1.82) is 0 Å². The molecule has 9 heteroatoms. The van der Waals surface area contributed by atoms with Gasteiger partial charge in [-0.05, 0) is 44.0 Å². The van der Waals surface area contributed by atoms with E-state index in [0.717, 1.165) is 29.8 Å². The number of hydrogen-bond donors (Lipinski definition) is 1. The molecule has 0 unspecified atom stereocenters. The summed E-state index contributed by atoms with van der Waals surface area (Å²) in [4.78, 5) is 21.1. The van der Waals surface area contributed by atoms with Crippen molar-refractivity contribution >= 4 is 46.6 Å². The summed E-state index contributed by atoms with van der Waals surface area (Å²) < 4.78 is 1.69. The Hall–Kier alpha value is -1.83. The van der Waals surface area contributed by atoms with Crippen molar-refractivity contribution in [2.75, 3.05) is 12.3 Å². The number of aromatic nitrogens is 4. The van der Waals surface area contributed by atoms with Crippen LogP contribution in [0.25, 0.3) is 5.78 Å². The summed E-state index contributed by atoms with van der Waals surface area (Å²) >= 11 is 13.6. The molecule has 0 aliphatic carbocycles. The number of thioether (sulfide) groups is 1. The van der Waals surface area contributed by atoms with Gasteiger partial charge < -0.3 is 5.32 Å². The van der Waals surface area contributed by atoms with E-state index in [1.54, 1.807) is 10.6 Å². The number of aryl methyl sites for hydroxylation is 2. The number of benzene rings is 1. The Labute approximate surface area is 184 Å². The molecule has 2 heterocycles. The highest BCUT2D eigenvalue weighted by Crippen LogP contribution is 2.30. The van der Waals surface area contributed by atoms with Crippen molar-refractivity contribution in [2.24, 2.45) is 0 Å². The van der Waals surface area contributed by atoms with Crippen LogP contribution >= 0.6 is 35.0 Å². The van der Waals surface area contributed by atoms with Gasteiger partial charge in [0.15, 0.2) is 0 Å². The minimum atomic E-state index is -0.0686. The third-order valence-electron chi connectivity index (χ3n) is 4.52. The standard InChI is InChI=1S/C20H23Cl2N5OS/c1-4-5-14(16-7-6-15(21)9-17(16)22)10-23-18(28)11-29-20-25-19-24-12(2)8-13(3)27(19)26-20/h6-9,14H,4-5,10-11H2,1-3H3,(H,23,28)/t14-/m1/s1. The molecule has 29 heavy (non-hydrogen) atoms. The number of nitrogens with zero attached hydrogens (tertiary/aromatic N) is 4. The van der Waals surface area contributed by atoms with Gasteiger partial charge in [-0.2, -0.15) is 4.98 Å². The molecule has 3 aromatic rings. The van der Waals surface area contributed by atoms with Crippen LogP contribution in [0.3, 0.4) is 0 Å². The van der Waals surface area contributed by atoms with Gasteiger partial charge in [-0.25, -0.2) is 9.50 Å². The normalized spacial score (nSPS) is 12.3. The summed E-state index contributed by atoms with van der Waals surface area (Å²) in [5.41, 5.74) is 2.85. The Kier molecular flexibility index (Phi) is 7.38. The number of hydrogen-bond acceptors (Lipinski definition) is 5. The van der Waals surface area contributed by atoms with Gasteiger partial charge in [-0.1, -0.05) is 54.4 Å². The van der Waals surface area contributed by atoms with Gasteiger partial charge >= 0.3 is 0 Å². The lowest BCUT2D eigenvalue weighted by molar-refractivity contribution is -0.118. The van der Waals surface area contributed by atoms with Crippen molar-refractivity contribution in [1.82, 2.24) is 24.9 Å². The number of halogens is 2. The van der Waals surface area contributed by atoms with Crippen molar-refractivity contribution in [3.8, 4) is 0 Å². The molecule has 0 saturated carbocycles. The molecule has 0 bridgehead atoms. The second-order valence-electron chi connectivity index (χ2n) is 6.89. The fourth-order valence-corrected chi connectivity index (χ4v) is 4.39.